The molecular weight excluding hydrogens is 290 g/mol. The predicted octanol–water partition coefficient (Wildman–Crippen LogP) is 4.11. The number of nitrogens with one attached hydrogen (secondary N) is 1. The highest BCUT2D eigenvalue weighted by molar-refractivity contribution is 5.88. The average molecular weight is 319 g/mol. The molecule has 0 bridgehead atoms. The molecule has 128 valence electrons. The summed E-state index contributed by atoms with van der Waals surface area (Å²) in [6.45, 7) is 4.14. The molecule has 2 atom stereocenters. The van der Waals surface area contributed by atoms with Crippen molar-refractivity contribution in [3.05, 3.63) is 35.9 Å². The topological polar surface area (TPSA) is 66.4 Å². The molecule has 23 heavy (non-hydrogen) atoms. The maximum Gasteiger partial charge on any atom is 0.326 e. The molecule has 0 aliphatic rings. The molecule has 1 aromatic rings. The molecule has 0 fully saturated rings. The van der Waals surface area contributed by atoms with E-state index < -0.39 is 12.0 Å². The largest absolute Gasteiger partial charge is 0.480 e. The van der Waals surface area contributed by atoms with Gasteiger partial charge in [0.05, 0.1) is 5.92 Å². The van der Waals surface area contributed by atoms with Gasteiger partial charge < -0.3 is 10.4 Å². The molecular formula is C19H29NO3. The van der Waals surface area contributed by atoms with Crippen LogP contribution in [-0.4, -0.2) is 23.0 Å². The molecule has 2 N–H and O–H groups in total. The number of amides is 1. The number of carbonyl (C=O) groups excluding carboxylic acids is 1. The van der Waals surface area contributed by atoms with E-state index in [4.69, 9.17) is 0 Å². The van der Waals surface area contributed by atoms with Crippen LogP contribution in [0.1, 0.15) is 70.3 Å². The summed E-state index contributed by atoms with van der Waals surface area (Å²) in [6.07, 6.45) is 6.08. The average Bonchev–Trinajstić information content (AvgIpc) is 2.55. The Hall–Kier alpha value is -1.84. The van der Waals surface area contributed by atoms with Gasteiger partial charge in [-0.1, -0.05) is 76.3 Å². The molecule has 0 aliphatic heterocycles. The Morgan fingerprint density at radius 1 is 1.00 bits per heavy atom. The van der Waals surface area contributed by atoms with Crippen LogP contribution in [0.3, 0.4) is 0 Å². The second-order valence-corrected chi connectivity index (χ2v) is 6.00. The molecule has 0 saturated heterocycles. The Labute approximate surface area is 139 Å². The zero-order chi connectivity index (χ0) is 17.1. The zero-order valence-electron chi connectivity index (χ0n) is 14.3. The summed E-state index contributed by atoms with van der Waals surface area (Å²) in [4.78, 5) is 24.0. The summed E-state index contributed by atoms with van der Waals surface area (Å²) in [5.41, 5.74) is 0.959. The Bertz CT molecular complexity index is 473. The molecule has 0 radical (unpaired) electrons. The van der Waals surface area contributed by atoms with Gasteiger partial charge in [-0.25, -0.2) is 4.79 Å². The number of benzene rings is 1. The molecule has 0 aromatic heterocycles. The van der Waals surface area contributed by atoms with Crippen molar-refractivity contribution >= 4 is 11.9 Å². The first-order chi connectivity index (χ1) is 11.1. The van der Waals surface area contributed by atoms with Crippen molar-refractivity contribution in [2.45, 2.75) is 70.8 Å². The smallest absolute Gasteiger partial charge is 0.326 e. The number of carbonyl (C=O) groups is 2. The lowest BCUT2D eigenvalue weighted by Gasteiger charge is -2.21. The highest BCUT2D eigenvalue weighted by Gasteiger charge is 2.25. The van der Waals surface area contributed by atoms with Crippen molar-refractivity contribution in [3.63, 3.8) is 0 Å². The fraction of sp³-hybridized carbons (Fsp3) is 0.579. The van der Waals surface area contributed by atoms with E-state index in [0.29, 0.717) is 6.42 Å². The van der Waals surface area contributed by atoms with Gasteiger partial charge in [0.2, 0.25) is 5.91 Å². The number of carboxylic acids is 1. The number of aliphatic carboxylic acids is 1. The standard InChI is InChI=1S/C19H29NO3/c1-3-5-8-13-16(15-11-9-7-10-12-15)18(21)20-17(19(22)23)14-6-4-2/h7,9-12,16-17H,3-6,8,13-14H2,1-2H3,(H,20,21)(H,22,23). The molecule has 2 unspecified atom stereocenters. The molecule has 0 spiro atoms. The molecule has 4 heteroatoms. The Morgan fingerprint density at radius 3 is 2.22 bits per heavy atom. The maximum atomic E-state index is 12.6. The minimum atomic E-state index is -0.952. The molecule has 1 amide bonds. The third-order valence-corrected chi connectivity index (χ3v) is 4.08. The predicted molar refractivity (Wildman–Crippen MR) is 92.4 cm³/mol. The van der Waals surface area contributed by atoms with E-state index in [-0.39, 0.29) is 11.8 Å². The van der Waals surface area contributed by atoms with Crippen molar-refractivity contribution in [3.8, 4) is 0 Å². The van der Waals surface area contributed by atoms with E-state index in [1.165, 1.54) is 0 Å². The zero-order valence-corrected chi connectivity index (χ0v) is 14.3. The number of hydrogen-bond acceptors (Lipinski definition) is 2. The third-order valence-electron chi connectivity index (χ3n) is 4.08. The van der Waals surface area contributed by atoms with Gasteiger partial charge in [-0.2, -0.15) is 0 Å². The van der Waals surface area contributed by atoms with Gasteiger partial charge in [-0.15, -0.1) is 0 Å². The van der Waals surface area contributed by atoms with Crippen LogP contribution in [0.5, 0.6) is 0 Å². The fourth-order valence-electron chi connectivity index (χ4n) is 2.67. The van der Waals surface area contributed by atoms with Crippen molar-refractivity contribution < 1.29 is 14.7 Å². The van der Waals surface area contributed by atoms with Crippen molar-refractivity contribution in [2.24, 2.45) is 0 Å². The van der Waals surface area contributed by atoms with Gasteiger partial charge >= 0.3 is 5.97 Å². The van der Waals surface area contributed by atoms with Crippen LogP contribution in [-0.2, 0) is 9.59 Å². The Balaban J connectivity index is 2.79. The summed E-state index contributed by atoms with van der Waals surface area (Å²) in [6, 6.07) is 8.85. The lowest BCUT2D eigenvalue weighted by atomic mass is 9.92. The highest BCUT2D eigenvalue weighted by atomic mass is 16.4. The van der Waals surface area contributed by atoms with Crippen molar-refractivity contribution in [1.82, 2.24) is 5.32 Å². The summed E-state index contributed by atoms with van der Waals surface area (Å²) >= 11 is 0. The van der Waals surface area contributed by atoms with Crippen LogP contribution in [0.15, 0.2) is 30.3 Å². The van der Waals surface area contributed by atoms with Gasteiger partial charge in [0, 0.05) is 0 Å². The van der Waals surface area contributed by atoms with Gasteiger partial charge in [0.15, 0.2) is 0 Å². The van der Waals surface area contributed by atoms with Gasteiger partial charge in [0.1, 0.15) is 6.04 Å². The van der Waals surface area contributed by atoms with Crippen LogP contribution in [0.4, 0.5) is 0 Å². The molecule has 0 heterocycles. The van der Waals surface area contributed by atoms with Crippen LogP contribution >= 0.6 is 0 Å². The van der Waals surface area contributed by atoms with Gasteiger partial charge in [0.25, 0.3) is 0 Å². The Morgan fingerprint density at radius 2 is 1.65 bits per heavy atom. The first kappa shape index (κ1) is 19.2. The van der Waals surface area contributed by atoms with E-state index in [9.17, 15) is 14.7 Å². The summed E-state index contributed by atoms with van der Waals surface area (Å²) in [5, 5.41) is 12.0. The third kappa shape index (κ3) is 6.85. The Kier molecular flexibility index (Phi) is 9.03. The van der Waals surface area contributed by atoms with E-state index >= 15 is 0 Å². The van der Waals surface area contributed by atoms with Gasteiger partial charge in [-0.3, -0.25) is 4.79 Å². The molecule has 0 aliphatic carbocycles. The van der Waals surface area contributed by atoms with E-state index in [2.05, 4.69) is 12.2 Å². The molecule has 1 rings (SSSR count). The van der Waals surface area contributed by atoms with Crippen LogP contribution in [0, 0.1) is 0 Å². The second-order valence-electron chi connectivity index (χ2n) is 6.00. The number of unbranched alkanes of at least 4 members (excludes halogenated alkanes) is 3. The quantitative estimate of drug-likeness (QED) is 0.603. The monoisotopic (exact) mass is 319 g/mol. The number of carboxylic acid groups (broad SMARTS) is 1. The first-order valence-corrected chi connectivity index (χ1v) is 8.68. The molecule has 1 aromatic carbocycles. The normalized spacial score (nSPS) is 13.3. The first-order valence-electron chi connectivity index (χ1n) is 8.68. The lowest BCUT2D eigenvalue weighted by Crippen LogP contribution is -2.43. The summed E-state index contributed by atoms with van der Waals surface area (Å²) < 4.78 is 0. The van der Waals surface area contributed by atoms with E-state index in [1.54, 1.807) is 0 Å². The highest BCUT2D eigenvalue weighted by Crippen LogP contribution is 2.23. The maximum absolute atomic E-state index is 12.6. The minimum absolute atomic E-state index is 0.171. The van der Waals surface area contributed by atoms with Crippen molar-refractivity contribution in [1.29, 1.82) is 0 Å². The fourth-order valence-corrected chi connectivity index (χ4v) is 2.67. The molecule has 4 nitrogen and oxygen atoms in total. The van der Waals surface area contributed by atoms with Crippen LogP contribution < -0.4 is 5.32 Å². The van der Waals surface area contributed by atoms with Crippen molar-refractivity contribution in [2.75, 3.05) is 0 Å². The SMILES string of the molecule is CCCCCC(C(=O)NC(CCCC)C(=O)O)c1ccccc1. The van der Waals surface area contributed by atoms with E-state index in [1.807, 2.05) is 37.3 Å². The summed E-state index contributed by atoms with van der Waals surface area (Å²) in [5.74, 6) is -1.39. The van der Waals surface area contributed by atoms with E-state index in [0.717, 1.165) is 44.1 Å². The lowest BCUT2D eigenvalue weighted by molar-refractivity contribution is -0.142. The minimum Gasteiger partial charge on any atom is -0.480 e. The van der Waals surface area contributed by atoms with Crippen LogP contribution in [0.25, 0.3) is 0 Å². The second kappa shape index (κ2) is 10.8. The number of hydrogen-bond donors (Lipinski definition) is 2. The number of rotatable bonds is 11. The van der Waals surface area contributed by atoms with Gasteiger partial charge in [-0.05, 0) is 18.4 Å². The summed E-state index contributed by atoms with van der Waals surface area (Å²) in [7, 11) is 0. The molecule has 0 saturated carbocycles. The van der Waals surface area contributed by atoms with Crippen LogP contribution in [0.2, 0.25) is 0 Å².